The Hall–Kier alpha value is -3.90. The first-order chi connectivity index (χ1) is 15.6. The Morgan fingerprint density at radius 1 is 1.09 bits per heavy atom. The van der Waals surface area contributed by atoms with E-state index in [9.17, 15) is 9.59 Å². The molecule has 6 heteroatoms. The Morgan fingerprint density at radius 2 is 1.84 bits per heavy atom. The second-order valence-electron chi connectivity index (χ2n) is 7.66. The normalized spacial score (nSPS) is 19.0. The first kappa shape index (κ1) is 20.0. The van der Waals surface area contributed by atoms with E-state index < -0.39 is 5.72 Å². The lowest BCUT2D eigenvalue weighted by Gasteiger charge is -2.44. The molecule has 0 aliphatic carbocycles. The quantitative estimate of drug-likeness (QED) is 0.585. The molecule has 3 aromatic carbocycles. The second kappa shape index (κ2) is 7.66. The highest BCUT2D eigenvalue weighted by Crippen LogP contribution is 2.50. The average molecular weight is 426 g/mol. The maximum Gasteiger partial charge on any atom is 0.286 e. The summed E-state index contributed by atoms with van der Waals surface area (Å²) in [6.45, 7) is 4.31. The minimum absolute atomic E-state index is 0.208. The summed E-state index contributed by atoms with van der Waals surface area (Å²) in [5, 5.41) is 0. The van der Waals surface area contributed by atoms with E-state index in [2.05, 4.69) is 6.58 Å². The molecule has 2 heterocycles. The third kappa shape index (κ3) is 2.77. The second-order valence-corrected chi connectivity index (χ2v) is 7.66. The fourth-order valence-corrected chi connectivity index (χ4v) is 4.47. The number of carbonyl (C=O) groups excluding carboxylic acids is 2. The van der Waals surface area contributed by atoms with Gasteiger partial charge in [0.25, 0.3) is 17.5 Å². The zero-order chi connectivity index (χ0) is 22.3. The molecule has 160 valence electrons. The molecular weight excluding hydrogens is 404 g/mol. The Morgan fingerprint density at radius 3 is 2.62 bits per heavy atom. The van der Waals surface area contributed by atoms with Crippen molar-refractivity contribution in [3.05, 3.63) is 102 Å². The molecule has 0 bridgehead atoms. The van der Waals surface area contributed by atoms with E-state index in [1.165, 1.54) is 4.90 Å². The van der Waals surface area contributed by atoms with Gasteiger partial charge in [-0.1, -0.05) is 48.5 Å². The topological polar surface area (TPSA) is 59.1 Å². The molecule has 0 N–H and O–H groups in total. The molecule has 2 aliphatic heterocycles. The largest absolute Gasteiger partial charge is 0.497 e. The van der Waals surface area contributed by atoms with Crippen molar-refractivity contribution in [3.63, 3.8) is 0 Å². The van der Waals surface area contributed by atoms with Crippen LogP contribution in [0, 0.1) is 0 Å². The van der Waals surface area contributed by atoms with E-state index in [0.29, 0.717) is 34.8 Å². The van der Waals surface area contributed by atoms with Crippen LogP contribution in [-0.4, -0.2) is 25.5 Å². The van der Waals surface area contributed by atoms with Crippen LogP contribution in [0.25, 0.3) is 0 Å². The van der Waals surface area contributed by atoms with Gasteiger partial charge in [0.15, 0.2) is 0 Å². The molecule has 0 aromatic heterocycles. The number of amides is 2. The number of methoxy groups -OCH3 is 1. The standard InChI is InChI=1S/C26H22N2O4/c1-3-15-27-23-14-7-5-12-21(23)26(25(27)30)28(22-13-6-4-9-19(22)17-32-26)24(29)18-10-8-11-20(16-18)31-2/h3-14,16H,1,15,17H2,2H3/t26-/m0/s1. The molecule has 5 rings (SSSR count). The molecule has 3 aromatic rings. The summed E-state index contributed by atoms with van der Waals surface area (Å²) in [7, 11) is 1.55. The fourth-order valence-electron chi connectivity index (χ4n) is 4.47. The lowest BCUT2D eigenvalue weighted by atomic mass is 9.96. The third-order valence-corrected chi connectivity index (χ3v) is 5.91. The first-order valence-corrected chi connectivity index (χ1v) is 10.3. The number of para-hydroxylation sites is 2. The van der Waals surface area contributed by atoms with Gasteiger partial charge in [-0.3, -0.25) is 14.5 Å². The highest BCUT2D eigenvalue weighted by Gasteiger charge is 2.60. The van der Waals surface area contributed by atoms with E-state index in [1.807, 2.05) is 48.5 Å². The van der Waals surface area contributed by atoms with Crippen molar-refractivity contribution in [1.29, 1.82) is 0 Å². The summed E-state index contributed by atoms with van der Waals surface area (Å²) < 4.78 is 11.6. The van der Waals surface area contributed by atoms with E-state index in [4.69, 9.17) is 9.47 Å². The molecule has 0 saturated carbocycles. The van der Waals surface area contributed by atoms with Gasteiger partial charge in [-0.25, -0.2) is 0 Å². The van der Waals surface area contributed by atoms with Crippen LogP contribution in [0.15, 0.2) is 85.5 Å². The number of carbonyl (C=O) groups is 2. The summed E-state index contributed by atoms with van der Waals surface area (Å²) in [6, 6.07) is 21.8. The minimum atomic E-state index is -1.60. The van der Waals surface area contributed by atoms with Gasteiger partial charge in [-0.15, -0.1) is 6.58 Å². The smallest absolute Gasteiger partial charge is 0.286 e. The van der Waals surface area contributed by atoms with Crippen LogP contribution >= 0.6 is 0 Å². The van der Waals surface area contributed by atoms with Gasteiger partial charge >= 0.3 is 0 Å². The molecule has 2 amide bonds. The van der Waals surface area contributed by atoms with Crippen molar-refractivity contribution in [2.75, 3.05) is 23.5 Å². The van der Waals surface area contributed by atoms with Gasteiger partial charge in [0, 0.05) is 23.2 Å². The molecule has 6 nitrogen and oxygen atoms in total. The number of anilines is 2. The van der Waals surface area contributed by atoms with Crippen molar-refractivity contribution in [3.8, 4) is 5.75 Å². The molecule has 0 radical (unpaired) electrons. The summed E-state index contributed by atoms with van der Waals surface area (Å²) >= 11 is 0. The number of nitrogens with zero attached hydrogens (tertiary/aromatic N) is 2. The predicted octanol–water partition coefficient (Wildman–Crippen LogP) is 4.26. The summed E-state index contributed by atoms with van der Waals surface area (Å²) in [5.41, 5.74) is 1.62. The molecule has 32 heavy (non-hydrogen) atoms. The number of benzene rings is 3. The zero-order valence-corrected chi connectivity index (χ0v) is 17.7. The molecule has 2 aliphatic rings. The highest BCUT2D eigenvalue weighted by atomic mass is 16.5. The highest BCUT2D eigenvalue weighted by molar-refractivity contribution is 6.17. The molecule has 0 saturated heterocycles. The lowest BCUT2D eigenvalue weighted by Crippen LogP contribution is -2.59. The minimum Gasteiger partial charge on any atom is -0.497 e. The van der Waals surface area contributed by atoms with Crippen LogP contribution in [0.1, 0.15) is 21.5 Å². The number of rotatable bonds is 4. The average Bonchev–Trinajstić information content (AvgIpc) is 3.07. The van der Waals surface area contributed by atoms with E-state index in [0.717, 1.165) is 5.56 Å². The summed E-state index contributed by atoms with van der Waals surface area (Å²) in [5.74, 6) is -0.105. The van der Waals surface area contributed by atoms with Gasteiger partial charge in [0.05, 0.1) is 25.1 Å². The zero-order valence-electron chi connectivity index (χ0n) is 17.7. The van der Waals surface area contributed by atoms with Crippen molar-refractivity contribution >= 4 is 23.2 Å². The molecular formula is C26H22N2O4. The van der Waals surface area contributed by atoms with Crippen molar-refractivity contribution in [1.82, 2.24) is 0 Å². The Balaban J connectivity index is 1.75. The van der Waals surface area contributed by atoms with Crippen LogP contribution in [0.2, 0.25) is 0 Å². The Kier molecular flexibility index (Phi) is 4.79. The van der Waals surface area contributed by atoms with E-state index in [-0.39, 0.29) is 18.4 Å². The van der Waals surface area contributed by atoms with Gasteiger partial charge in [-0.05, 0) is 30.3 Å². The molecule has 1 spiro atoms. The first-order valence-electron chi connectivity index (χ1n) is 10.3. The number of hydrogen-bond acceptors (Lipinski definition) is 4. The van der Waals surface area contributed by atoms with Crippen molar-refractivity contribution < 1.29 is 19.1 Å². The van der Waals surface area contributed by atoms with Crippen LogP contribution in [0.4, 0.5) is 11.4 Å². The van der Waals surface area contributed by atoms with E-state index >= 15 is 0 Å². The Bertz CT molecular complexity index is 1240. The van der Waals surface area contributed by atoms with Crippen molar-refractivity contribution in [2.24, 2.45) is 0 Å². The Labute approximate surface area is 186 Å². The monoisotopic (exact) mass is 426 g/mol. The fraction of sp³-hybridized carbons (Fsp3) is 0.154. The molecule has 0 fully saturated rings. The van der Waals surface area contributed by atoms with Gasteiger partial charge in [-0.2, -0.15) is 0 Å². The van der Waals surface area contributed by atoms with Crippen LogP contribution in [0.3, 0.4) is 0 Å². The number of ether oxygens (including phenoxy) is 2. The maximum atomic E-state index is 14.0. The van der Waals surface area contributed by atoms with Gasteiger partial charge in [0.1, 0.15) is 5.75 Å². The molecule has 0 unspecified atom stereocenters. The third-order valence-electron chi connectivity index (χ3n) is 5.91. The van der Waals surface area contributed by atoms with Crippen molar-refractivity contribution in [2.45, 2.75) is 12.3 Å². The van der Waals surface area contributed by atoms with Crippen LogP contribution in [0.5, 0.6) is 5.75 Å². The predicted molar refractivity (Wildman–Crippen MR) is 122 cm³/mol. The summed E-state index contributed by atoms with van der Waals surface area (Å²) in [6.07, 6.45) is 1.67. The maximum absolute atomic E-state index is 14.0. The SMILES string of the molecule is C=CCN1C(=O)[C@@]2(OCc3ccccc3N2C(=O)c2cccc(OC)c2)c2ccccc21. The van der Waals surface area contributed by atoms with Gasteiger partial charge in [0.2, 0.25) is 0 Å². The molecule has 1 atom stereocenters. The van der Waals surface area contributed by atoms with Gasteiger partial charge < -0.3 is 14.4 Å². The summed E-state index contributed by atoms with van der Waals surface area (Å²) in [4.78, 5) is 31.1. The van der Waals surface area contributed by atoms with Crippen LogP contribution in [-0.2, 0) is 21.9 Å². The number of hydrogen-bond donors (Lipinski definition) is 0. The number of fused-ring (bicyclic) bond motifs is 3. The van der Waals surface area contributed by atoms with E-state index in [1.54, 1.807) is 42.4 Å². The van der Waals surface area contributed by atoms with Crippen LogP contribution < -0.4 is 14.5 Å². The lowest BCUT2D eigenvalue weighted by molar-refractivity contribution is -0.146.